The molecule has 0 aliphatic carbocycles. The van der Waals surface area contributed by atoms with Crippen LogP contribution < -0.4 is 10.2 Å². The van der Waals surface area contributed by atoms with Crippen molar-refractivity contribution in [2.75, 3.05) is 16.8 Å². The van der Waals surface area contributed by atoms with E-state index >= 15 is 0 Å². The number of nitrogens with one attached hydrogen (secondary N) is 1. The van der Waals surface area contributed by atoms with Gasteiger partial charge < -0.3 is 10.2 Å². The van der Waals surface area contributed by atoms with Crippen molar-refractivity contribution < 1.29 is 9.59 Å². The number of nitrogens with zero attached hydrogens (tertiary/aromatic N) is 4. The lowest BCUT2D eigenvalue weighted by Crippen LogP contribution is -2.28. The van der Waals surface area contributed by atoms with Gasteiger partial charge >= 0.3 is 0 Å². The molecular formula is C16H18ClN5O2. The highest BCUT2D eigenvalue weighted by molar-refractivity contribution is 6.31. The normalized spacial score (nSPS) is 17.6. The average molecular weight is 348 g/mol. The highest BCUT2D eigenvalue weighted by atomic mass is 35.5. The fourth-order valence-electron chi connectivity index (χ4n) is 2.59. The first-order chi connectivity index (χ1) is 11.4. The highest BCUT2D eigenvalue weighted by Crippen LogP contribution is 2.27. The first-order valence-corrected chi connectivity index (χ1v) is 8.10. The van der Waals surface area contributed by atoms with Gasteiger partial charge in [0.1, 0.15) is 0 Å². The van der Waals surface area contributed by atoms with Gasteiger partial charge in [0.05, 0.1) is 12.1 Å². The van der Waals surface area contributed by atoms with Crippen LogP contribution in [-0.2, 0) is 9.59 Å². The van der Waals surface area contributed by atoms with E-state index in [2.05, 4.69) is 15.6 Å². The molecule has 0 radical (unpaired) electrons. The lowest BCUT2D eigenvalue weighted by molar-refractivity contribution is -0.122. The average Bonchev–Trinajstić information content (AvgIpc) is 3.14. The lowest BCUT2D eigenvalue weighted by atomic mass is 10.1. The number of halogens is 1. The molecule has 1 atom stereocenters. The van der Waals surface area contributed by atoms with Gasteiger partial charge in [-0.15, -0.1) is 5.10 Å². The summed E-state index contributed by atoms with van der Waals surface area (Å²) in [7, 11) is 0. The summed E-state index contributed by atoms with van der Waals surface area (Å²) in [4.78, 5) is 26.2. The monoisotopic (exact) mass is 347 g/mol. The second kappa shape index (κ2) is 6.60. The van der Waals surface area contributed by atoms with Crippen molar-refractivity contribution >= 4 is 34.9 Å². The fourth-order valence-corrected chi connectivity index (χ4v) is 2.78. The van der Waals surface area contributed by atoms with Gasteiger partial charge in [0, 0.05) is 29.7 Å². The minimum absolute atomic E-state index is 0.0942. The lowest BCUT2D eigenvalue weighted by Gasteiger charge is -2.16. The molecule has 0 bridgehead atoms. The van der Waals surface area contributed by atoms with Crippen molar-refractivity contribution in [2.45, 2.75) is 26.3 Å². The molecule has 1 unspecified atom stereocenters. The summed E-state index contributed by atoms with van der Waals surface area (Å²) in [5, 5.41) is 11.1. The van der Waals surface area contributed by atoms with E-state index in [1.165, 1.54) is 0 Å². The van der Waals surface area contributed by atoms with Crippen molar-refractivity contribution in [3.8, 4) is 0 Å². The van der Waals surface area contributed by atoms with Crippen LogP contribution in [0.5, 0.6) is 0 Å². The first-order valence-electron chi connectivity index (χ1n) is 7.72. The minimum Gasteiger partial charge on any atom is -0.312 e. The number of carbonyl (C=O) groups excluding carboxylic acids is 2. The van der Waals surface area contributed by atoms with Crippen LogP contribution in [0, 0.1) is 5.92 Å². The van der Waals surface area contributed by atoms with E-state index in [0.29, 0.717) is 23.1 Å². The predicted molar refractivity (Wildman–Crippen MR) is 90.9 cm³/mol. The van der Waals surface area contributed by atoms with Crippen molar-refractivity contribution in [2.24, 2.45) is 5.92 Å². The molecule has 1 saturated heterocycles. The van der Waals surface area contributed by atoms with E-state index in [-0.39, 0.29) is 24.3 Å². The number of hydrogen-bond donors (Lipinski definition) is 1. The van der Waals surface area contributed by atoms with Gasteiger partial charge in [-0.05, 0) is 32.0 Å². The summed E-state index contributed by atoms with van der Waals surface area (Å²) in [6, 6.07) is 7.21. The Labute approximate surface area is 144 Å². The Morgan fingerprint density at radius 1 is 1.42 bits per heavy atom. The molecule has 1 aromatic carbocycles. The Kier molecular flexibility index (Phi) is 4.53. The first kappa shape index (κ1) is 16.4. The molecule has 1 aliphatic rings. The summed E-state index contributed by atoms with van der Waals surface area (Å²) in [5.41, 5.74) is 0.702. The van der Waals surface area contributed by atoms with Crippen molar-refractivity contribution in [1.29, 1.82) is 0 Å². The Morgan fingerprint density at radius 2 is 2.21 bits per heavy atom. The van der Waals surface area contributed by atoms with E-state index in [0.717, 1.165) is 0 Å². The molecule has 8 heteroatoms. The third kappa shape index (κ3) is 3.41. The zero-order valence-corrected chi connectivity index (χ0v) is 14.2. The minimum atomic E-state index is -0.430. The second-order valence-corrected chi connectivity index (χ2v) is 6.49. The number of benzene rings is 1. The predicted octanol–water partition coefficient (Wildman–Crippen LogP) is 2.50. The molecule has 2 aromatic rings. The molecule has 1 aliphatic heterocycles. The van der Waals surface area contributed by atoms with E-state index in [9.17, 15) is 9.59 Å². The van der Waals surface area contributed by atoms with Gasteiger partial charge in [-0.2, -0.15) is 0 Å². The maximum atomic E-state index is 12.4. The van der Waals surface area contributed by atoms with Gasteiger partial charge in [0.25, 0.3) is 0 Å². The largest absolute Gasteiger partial charge is 0.312 e. The van der Waals surface area contributed by atoms with Crippen LogP contribution in [0.4, 0.5) is 11.5 Å². The molecule has 1 N–H and O–H groups in total. The number of aromatic nitrogens is 3. The quantitative estimate of drug-likeness (QED) is 0.921. The molecular weight excluding hydrogens is 330 g/mol. The number of rotatable bonds is 4. The third-order valence-corrected chi connectivity index (χ3v) is 4.14. The number of hydrogen-bond acceptors (Lipinski definition) is 4. The topological polar surface area (TPSA) is 80.1 Å². The van der Waals surface area contributed by atoms with Crippen LogP contribution in [0.25, 0.3) is 0 Å². The molecule has 24 heavy (non-hydrogen) atoms. The molecule has 0 spiro atoms. The standard InChI is InChI=1S/C16H18ClN5O2/c1-10(2)22-9-14(19-20-22)18-16(24)11-6-15(23)21(8-11)13-5-3-4-12(17)7-13/h3-5,7,9-11H,6,8H2,1-2H3,(H,18,24). The molecule has 3 rings (SSSR count). The molecule has 2 heterocycles. The van der Waals surface area contributed by atoms with Crippen LogP contribution >= 0.6 is 11.6 Å². The van der Waals surface area contributed by atoms with Gasteiger partial charge in [0.15, 0.2) is 5.82 Å². The van der Waals surface area contributed by atoms with E-state index in [1.54, 1.807) is 40.0 Å². The SMILES string of the molecule is CC(C)n1cc(NC(=O)C2CC(=O)N(c3cccc(Cl)c3)C2)nn1. The van der Waals surface area contributed by atoms with E-state index < -0.39 is 5.92 Å². The third-order valence-electron chi connectivity index (χ3n) is 3.91. The van der Waals surface area contributed by atoms with Crippen LogP contribution in [-0.4, -0.2) is 33.4 Å². The van der Waals surface area contributed by atoms with Crippen molar-refractivity contribution in [3.63, 3.8) is 0 Å². The smallest absolute Gasteiger partial charge is 0.231 e. The van der Waals surface area contributed by atoms with Gasteiger partial charge in [-0.3, -0.25) is 9.59 Å². The number of amides is 2. The summed E-state index contributed by atoms with van der Waals surface area (Å²) in [5.74, 6) is -0.366. The Morgan fingerprint density at radius 3 is 2.88 bits per heavy atom. The van der Waals surface area contributed by atoms with Crippen molar-refractivity contribution in [1.82, 2.24) is 15.0 Å². The van der Waals surface area contributed by atoms with Crippen molar-refractivity contribution in [3.05, 3.63) is 35.5 Å². The Bertz CT molecular complexity index is 773. The molecule has 1 aromatic heterocycles. The molecule has 1 fully saturated rings. The molecule has 0 saturated carbocycles. The number of anilines is 2. The van der Waals surface area contributed by atoms with E-state index in [1.807, 2.05) is 13.8 Å². The molecule has 7 nitrogen and oxygen atoms in total. The molecule has 126 valence electrons. The van der Waals surface area contributed by atoms with Gasteiger partial charge in [-0.25, -0.2) is 4.68 Å². The summed E-state index contributed by atoms with van der Waals surface area (Å²) >= 11 is 5.97. The van der Waals surface area contributed by atoms with Crippen LogP contribution in [0.3, 0.4) is 0 Å². The van der Waals surface area contributed by atoms with Crippen LogP contribution in [0.2, 0.25) is 5.02 Å². The zero-order valence-electron chi connectivity index (χ0n) is 13.4. The zero-order chi connectivity index (χ0) is 17.3. The maximum absolute atomic E-state index is 12.4. The van der Waals surface area contributed by atoms with Gasteiger partial charge in [-0.1, -0.05) is 22.9 Å². The summed E-state index contributed by atoms with van der Waals surface area (Å²) in [6.45, 7) is 4.26. The van der Waals surface area contributed by atoms with Crippen LogP contribution in [0.15, 0.2) is 30.5 Å². The van der Waals surface area contributed by atoms with E-state index in [4.69, 9.17) is 11.6 Å². The molecule has 2 amide bonds. The Balaban J connectivity index is 1.67. The highest BCUT2D eigenvalue weighted by Gasteiger charge is 2.35. The van der Waals surface area contributed by atoms with Gasteiger partial charge in [0.2, 0.25) is 11.8 Å². The Hall–Kier alpha value is -2.41. The summed E-state index contributed by atoms with van der Waals surface area (Å²) in [6.07, 6.45) is 1.84. The van der Waals surface area contributed by atoms with Crippen LogP contribution in [0.1, 0.15) is 26.3 Å². The second-order valence-electron chi connectivity index (χ2n) is 6.05. The number of carbonyl (C=O) groups is 2. The maximum Gasteiger partial charge on any atom is 0.231 e. The summed E-state index contributed by atoms with van der Waals surface area (Å²) < 4.78 is 1.66. The fraction of sp³-hybridized carbons (Fsp3) is 0.375.